The Balaban J connectivity index is 1.61. The number of nitrogens with one attached hydrogen (secondary N) is 1. The van der Waals surface area contributed by atoms with E-state index in [1.165, 1.54) is 0 Å². The quantitative estimate of drug-likeness (QED) is 0.563. The number of oxazole rings is 1. The minimum atomic E-state index is -1.40. The van der Waals surface area contributed by atoms with Crippen molar-refractivity contribution in [2.24, 2.45) is 0 Å². The number of rotatable bonds is 9. The average molecular weight is 429 g/mol. The Kier molecular flexibility index (Phi) is 7.24. The summed E-state index contributed by atoms with van der Waals surface area (Å²) in [4.78, 5) is 16.5. The van der Waals surface area contributed by atoms with Crippen molar-refractivity contribution in [3.63, 3.8) is 0 Å². The van der Waals surface area contributed by atoms with E-state index < -0.39 is 10.8 Å². The maximum Gasteiger partial charge on any atom is 0.232 e. The molecule has 0 aliphatic carbocycles. The van der Waals surface area contributed by atoms with Crippen LogP contribution in [0.3, 0.4) is 0 Å². The first-order chi connectivity index (χ1) is 14.5. The van der Waals surface area contributed by atoms with Crippen molar-refractivity contribution in [3.05, 3.63) is 65.5 Å². The third-order valence-corrected chi connectivity index (χ3v) is 5.63. The van der Waals surface area contributed by atoms with E-state index in [1.807, 2.05) is 36.4 Å². The molecule has 0 spiro atoms. The van der Waals surface area contributed by atoms with E-state index in [-0.39, 0.29) is 17.4 Å². The predicted molar refractivity (Wildman–Crippen MR) is 115 cm³/mol. The summed E-state index contributed by atoms with van der Waals surface area (Å²) < 4.78 is 28.7. The number of aryl methyl sites for hydroxylation is 1. The SMILES string of the molecule is COc1ccc(-c2nc(C[S@](=O)CC(=O)NCc3ccccc3)c(C)o2)cc1OC. The van der Waals surface area contributed by atoms with E-state index in [0.29, 0.717) is 41.0 Å². The lowest BCUT2D eigenvalue weighted by molar-refractivity contribution is -0.118. The second kappa shape index (κ2) is 10.1. The number of hydrogen-bond acceptors (Lipinski definition) is 6. The molecule has 0 fully saturated rings. The summed E-state index contributed by atoms with van der Waals surface area (Å²) in [5.74, 6) is 1.91. The van der Waals surface area contributed by atoms with Gasteiger partial charge in [0, 0.05) is 22.9 Å². The Hall–Kier alpha value is -3.13. The van der Waals surface area contributed by atoms with E-state index in [1.54, 1.807) is 33.3 Å². The monoisotopic (exact) mass is 428 g/mol. The summed E-state index contributed by atoms with van der Waals surface area (Å²) >= 11 is 0. The molecule has 3 aromatic rings. The van der Waals surface area contributed by atoms with Crippen LogP contribution in [0.2, 0.25) is 0 Å². The zero-order chi connectivity index (χ0) is 21.5. The van der Waals surface area contributed by atoms with Crippen LogP contribution in [0.1, 0.15) is 17.0 Å². The molecule has 1 aromatic heterocycles. The van der Waals surface area contributed by atoms with Crippen LogP contribution in [0, 0.1) is 6.92 Å². The Labute approximate surface area is 177 Å². The van der Waals surface area contributed by atoms with Gasteiger partial charge >= 0.3 is 0 Å². The molecule has 1 atom stereocenters. The molecule has 1 amide bonds. The molecule has 8 heteroatoms. The lowest BCUT2D eigenvalue weighted by Crippen LogP contribution is -2.28. The molecule has 3 rings (SSSR count). The van der Waals surface area contributed by atoms with Crippen molar-refractivity contribution in [1.29, 1.82) is 0 Å². The van der Waals surface area contributed by atoms with Crippen molar-refractivity contribution in [1.82, 2.24) is 10.3 Å². The molecule has 30 heavy (non-hydrogen) atoms. The van der Waals surface area contributed by atoms with Gasteiger partial charge < -0.3 is 19.2 Å². The molecule has 0 aliphatic heterocycles. The van der Waals surface area contributed by atoms with Gasteiger partial charge in [0.2, 0.25) is 11.8 Å². The second-order valence-electron chi connectivity index (χ2n) is 6.58. The van der Waals surface area contributed by atoms with E-state index in [2.05, 4.69) is 10.3 Å². The Morgan fingerprint density at radius 1 is 1.10 bits per heavy atom. The largest absolute Gasteiger partial charge is 0.493 e. The van der Waals surface area contributed by atoms with Gasteiger partial charge in [-0.05, 0) is 30.7 Å². The smallest absolute Gasteiger partial charge is 0.232 e. The molecular formula is C22H24N2O5S. The molecule has 7 nitrogen and oxygen atoms in total. The fourth-order valence-corrected chi connectivity index (χ4v) is 3.92. The Bertz CT molecular complexity index is 1030. The van der Waals surface area contributed by atoms with Gasteiger partial charge in [0.1, 0.15) is 11.5 Å². The molecular weight excluding hydrogens is 404 g/mol. The minimum absolute atomic E-state index is 0.0924. The van der Waals surface area contributed by atoms with Gasteiger partial charge in [0.25, 0.3) is 0 Å². The number of hydrogen-bond donors (Lipinski definition) is 1. The molecule has 0 aliphatic rings. The van der Waals surface area contributed by atoms with Crippen LogP contribution in [-0.2, 0) is 27.9 Å². The molecule has 0 saturated carbocycles. The predicted octanol–water partition coefficient (Wildman–Crippen LogP) is 3.23. The lowest BCUT2D eigenvalue weighted by atomic mass is 10.2. The molecule has 0 saturated heterocycles. The summed E-state index contributed by atoms with van der Waals surface area (Å²) in [5, 5.41) is 2.78. The highest BCUT2D eigenvalue weighted by Crippen LogP contribution is 2.32. The van der Waals surface area contributed by atoms with E-state index in [0.717, 1.165) is 5.56 Å². The van der Waals surface area contributed by atoms with E-state index >= 15 is 0 Å². The highest BCUT2D eigenvalue weighted by atomic mass is 32.2. The van der Waals surface area contributed by atoms with Gasteiger partial charge in [-0.1, -0.05) is 30.3 Å². The number of aromatic nitrogens is 1. The molecule has 0 bridgehead atoms. The maximum absolute atomic E-state index is 12.4. The van der Waals surface area contributed by atoms with Gasteiger partial charge in [-0.2, -0.15) is 0 Å². The summed E-state index contributed by atoms with van der Waals surface area (Å²) in [6.45, 7) is 2.17. The van der Waals surface area contributed by atoms with E-state index in [9.17, 15) is 9.00 Å². The first-order valence-electron chi connectivity index (χ1n) is 9.34. The second-order valence-corrected chi connectivity index (χ2v) is 8.04. The molecule has 1 N–H and O–H groups in total. The highest BCUT2D eigenvalue weighted by Gasteiger charge is 2.17. The average Bonchev–Trinajstić information content (AvgIpc) is 3.12. The summed E-state index contributed by atoms with van der Waals surface area (Å²) in [7, 11) is 1.72. The number of methoxy groups -OCH3 is 2. The number of benzene rings is 2. The number of nitrogens with zero attached hydrogens (tertiary/aromatic N) is 1. The van der Waals surface area contributed by atoms with Gasteiger partial charge in [0.05, 0.1) is 25.7 Å². The van der Waals surface area contributed by atoms with Crippen molar-refractivity contribution in [2.45, 2.75) is 19.2 Å². The summed E-state index contributed by atoms with van der Waals surface area (Å²) in [6.07, 6.45) is 0. The van der Waals surface area contributed by atoms with Gasteiger partial charge in [-0.3, -0.25) is 9.00 Å². The first kappa shape index (κ1) is 21.6. The van der Waals surface area contributed by atoms with Gasteiger partial charge in [-0.25, -0.2) is 4.98 Å². The minimum Gasteiger partial charge on any atom is -0.493 e. The number of carbonyl (C=O) groups excluding carboxylic acids is 1. The molecule has 0 radical (unpaired) electrons. The Morgan fingerprint density at radius 3 is 2.53 bits per heavy atom. The van der Waals surface area contributed by atoms with Crippen molar-refractivity contribution >= 4 is 16.7 Å². The van der Waals surface area contributed by atoms with Crippen molar-refractivity contribution in [3.8, 4) is 23.0 Å². The molecule has 158 valence electrons. The normalized spacial score (nSPS) is 11.7. The third kappa shape index (κ3) is 5.48. The van der Waals surface area contributed by atoms with Crippen LogP contribution in [0.15, 0.2) is 52.9 Å². The molecule has 1 heterocycles. The zero-order valence-electron chi connectivity index (χ0n) is 17.1. The summed E-state index contributed by atoms with van der Waals surface area (Å²) in [5.41, 5.74) is 2.27. The van der Waals surface area contributed by atoms with Crippen LogP contribution in [0.25, 0.3) is 11.5 Å². The van der Waals surface area contributed by atoms with Crippen LogP contribution in [0.4, 0.5) is 0 Å². The number of amides is 1. The molecule has 2 aromatic carbocycles. The van der Waals surface area contributed by atoms with Gasteiger partial charge in [0.15, 0.2) is 11.5 Å². The summed E-state index contributed by atoms with van der Waals surface area (Å²) in [6, 6.07) is 14.9. The van der Waals surface area contributed by atoms with Crippen LogP contribution in [0.5, 0.6) is 11.5 Å². The number of carbonyl (C=O) groups is 1. The van der Waals surface area contributed by atoms with Crippen molar-refractivity contribution < 1.29 is 22.9 Å². The fourth-order valence-electron chi connectivity index (χ4n) is 2.85. The third-order valence-electron chi connectivity index (χ3n) is 4.45. The standard InChI is InChI=1S/C22H24N2O5S/c1-15-18(13-30(26)14-21(25)23-12-16-7-5-4-6-8-16)24-22(29-15)17-9-10-19(27-2)20(11-17)28-3/h4-11H,12-14H2,1-3H3,(H,23,25)/t30-/m0/s1. The molecule has 0 unspecified atom stereocenters. The van der Waals surface area contributed by atoms with Crippen molar-refractivity contribution in [2.75, 3.05) is 20.0 Å². The van der Waals surface area contributed by atoms with Crippen LogP contribution in [-0.4, -0.2) is 35.1 Å². The zero-order valence-corrected chi connectivity index (χ0v) is 18.0. The number of ether oxygens (including phenoxy) is 2. The lowest BCUT2D eigenvalue weighted by Gasteiger charge is -2.07. The topological polar surface area (TPSA) is 90.7 Å². The van der Waals surface area contributed by atoms with Crippen LogP contribution >= 0.6 is 0 Å². The maximum atomic E-state index is 12.4. The fraction of sp³-hybridized carbons (Fsp3) is 0.273. The Morgan fingerprint density at radius 2 is 1.83 bits per heavy atom. The van der Waals surface area contributed by atoms with Gasteiger partial charge in [-0.15, -0.1) is 0 Å². The highest BCUT2D eigenvalue weighted by molar-refractivity contribution is 7.84. The first-order valence-corrected chi connectivity index (χ1v) is 10.8. The van der Waals surface area contributed by atoms with Crippen LogP contribution < -0.4 is 14.8 Å². The van der Waals surface area contributed by atoms with E-state index in [4.69, 9.17) is 13.9 Å².